The molecule has 5 heteroatoms. The minimum absolute atomic E-state index is 0.0541. The Hall–Kier alpha value is -1.13. The third-order valence-corrected chi connectivity index (χ3v) is 1.78. The van der Waals surface area contributed by atoms with Crippen LogP contribution in [0.2, 0.25) is 5.28 Å². The van der Waals surface area contributed by atoms with Crippen molar-refractivity contribution in [1.29, 1.82) is 0 Å². The summed E-state index contributed by atoms with van der Waals surface area (Å²) in [4.78, 5) is 3.81. The summed E-state index contributed by atoms with van der Waals surface area (Å²) >= 11 is 5.58. The fourth-order valence-corrected chi connectivity index (χ4v) is 1.18. The molecule has 2 aromatic heterocycles. The molecular weight excluding hydrogens is 178 g/mol. The van der Waals surface area contributed by atoms with E-state index in [1.165, 1.54) is 0 Å². The van der Waals surface area contributed by atoms with Crippen molar-refractivity contribution in [2.75, 3.05) is 0 Å². The predicted molar refractivity (Wildman–Crippen MR) is 43.9 cm³/mol. The minimum atomic E-state index is -0.0541. The molecule has 0 atom stereocenters. The molecule has 4 nitrogen and oxygen atoms in total. The summed E-state index contributed by atoms with van der Waals surface area (Å²) in [5.74, 6) is 0. The highest BCUT2D eigenvalue weighted by molar-refractivity contribution is 6.28. The van der Waals surface area contributed by atoms with Crippen molar-refractivity contribution >= 4 is 17.1 Å². The lowest BCUT2D eigenvalue weighted by Gasteiger charge is -1.96. The van der Waals surface area contributed by atoms with Crippen LogP contribution in [0, 0.1) is 0 Å². The molecule has 0 bridgehead atoms. The smallest absolute Gasteiger partial charge is 0.241 e. The van der Waals surface area contributed by atoms with Crippen molar-refractivity contribution in [3.8, 4) is 0 Å². The summed E-state index contributed by atoms with van der Waals surface area (Å²) in [5.41, 5.74) is 1.53. The Bertz CT molecular complexity index is 412. The molecule has 0 unspecified atom stereocenters. The van der Waals surface area contributed by atoms with Crippen LogP contribution in [0.1, 0.15) is 5.69 Å². The van der Waals surface area contributed by atoms with Crippen LogP contribution in [0.4, 0.5) is 0 Å². The van der Waals surface area contributed by atoms with Crippen LogP contribution in [0.5, 0.6) is 0 Å². The zero-order valence-electron chi connectivity index (χ0n) is 6.11. The van der Waals surface area contributed by atoms with Gasteiger partial charge in [0.1, 0.15) is 0 Å². The first-order chi connectivity index (χ1) is 5.81. The maximum atomic E-state index is 8.89. The van der Waals surface area contributed by atoms with E-state index in [1.807, 2.05) is 6.07 Å². The van der Waals surface area contributed by atoms with E-state index in [0.717, 1.165) is 5.52 Å². The average molecular weight is 184 g/mol. The number of aliphatic hydroxyl groups excluding tert-OH is 1. The molecule has 1 N–H and O–H groups in total. The van der Waals surface area contributed by atoms with Crippen molar-refractivity contribution in [2.24, 2.45) is 0 Å². The van der Waals surface area contributed by atoms with Crippen molar-refractivity contribution in [2.45, 2.75) is 6.61 Å². The molecule has 0 fully saturated rings. The van der Waals surface area contributed by atoms with Gasteiger partial charge < -0.3 is 5.11 Å². The van der Waals surface area contributed by atoms with Crippen molar-refractivity contribution in [3.05, 3.63) is 29.3 Å². The maximum absolute atomic E-state index is 8.89. The van der Waals surface area contributed by atoms with Crippen LogP contribution < -0.4 is 0 Å². The Labute approximate surface area is 73.4 Å². The highest BCUT2D eigenvalue weighted by Gasteiger charge is 2.01. The zero-order valence-corrected chi connectivity index (χ0v) is 6.86. The Morgan fingerprint density at radius 3 is 3.08 bits per heavy atom. The first-order valence-electron chi connectivity index (χ1n) is 3.41. The number of nitrogens with zero attached hydrogens (tertiary/aromatic N) is 3. The van der Waals surface area contributed by atoms with Gasteiger partial charge in [0.2, 0.25) is 5.28 Å². The summed E-state index contributed by atoms with van der Waals surface area (Å²) < 4.78 is 1.56. The Morgan fingerprint density at radius 1 is 1.50 bits per heavy atom. The molecule has 2 aromatic rings. The second-order valence-corrected chi connectivity index (χ2v) is 2.68. The molecule has 0 aliphatic heterocycles. The van der Waals surface area contributed by atoms with E-state index in [1.54, 1.807) is 16.8 Å². The number of aliphatic hydroxyl groups is 1. The van der Waals surface area contributed by atoms with Gasteiger partial charge >= 0.3 is 0 Å². The number of halogens is 1. The molecule has 62 valence electrons. The molecule has 0 aliphatic rings. The van der Waals surface area contributed by atoms with Gasteiger partial charge in [-0.2, -0.15) is 0 Å². The fourth-order valence-electron chi connectivity index (χ4n) is 1.06. The molecule has 2 heterocycles. The van der Waals surface area contributed by atoms with Crippen LogP contribution in [0.15, 0.2) is 18.3 Å². The first kappa shape index (κ1) is 7.52. The van der Waals surface area contributed by atoms with Crippen LogP contribution in [-0.2, 0) is 6.61 Å². The van der Waals surface area contributed by atoms with Gasteiger partial charge in [0.05, 0.1) is 24.0 Å². The van der Waals surface area contributed by atoms with Gasteiger partial charge in [-0.1, -0.05) is 0 Å². The highest BCUT2D eigenvalue weighted by atomic mass is 35.5. The average Bonchev–Trinajstić information content (AvgIpc) is 2.46. The minimum Gasteiger partial charge on any atom is -0.390 e. The normalized spacial score (nSPS) is 10.8. The number of rotatable bonds is 1. The summed E-state index contributed by atoms with van der Waals surface area (Å²) in [6.45, 7) is -0.0541. The third kappa shape index (κ3) is 1.05. The third-order valence-electron chi connectivity index (χ3n) is 1.61. The topological polar surface area (TPSA) is 50.4 Å². The molecule has 0 saturated heterocycles. The molecule has 0 amide bonds. The molecule has 12 heavy (non-hydrogen) atoms. The molecule has 0 saturated carbocycles. The second-order valence-electron chi connectivity index (χ2n) is 2.35. The van der Waals surface area contributed by atoms with Gasteiger partial charge in [-0.05, 0) is 23.7 Å². The largest absolute Gasteiger partial charge is 0.390 e. The van der Waals surface area contributed by atoms with E-state index in [9.17, 15) is 0 Å². The molecule has 2 rings (SSSR count). The van der Waals surface area contributed by atoms with Gasteiger partial charge in [-0.3, -0.25) is 0 Å². The lowest BCUT2D eigenvalue weighted by molar-refractivity contribution is 0.274. The molecular formula is C7H6ClN3O. The monoisotopic (exact) mass is 183 g/mol. The van der Waals surface area contributed by atoms with E-state index in [4.69, 9.17) is 16.7 Å². The van der Waals surface area contributed by atoms with Crippen molar-refractivity contribution < 1.29 is 5.11 Å². The summed E-state index contributed by atoms with van der Waals surface area (Å²) in [7, 11) is 0. The van der Waals surface area contributed by atoms with Gasteiger partial charge in [0, 0.05) is 0 Å². The lowest BCUT2D eigenvalue weighted by Crippen LogP contribution is -1.98. The fraction of sp³-hybridized carbons (Fsp3) is 0.143. The van der Waals surface area contributed by atoms with E-state index in [-0.39, 0.29) is 11.9 Å². The predicted octanol–water partition coefficient (Wildman–Crippen LogP) is 0.875. The first-order valence-corrected chi connectivity index (χ1v) is 3.79. The van der Waals surface area contributed by atoms with Crippen LogP contribution in [-0.4, -0.2) is 19.7 Å². The van der Waals surface area contributed by atoms with Gasteiger partial charge in [0.25, 0.3) is 0 Å². The van der Waals surface area contributed by atoms with Gasteiger partial charge in [-0.25, -0.2) is 9.50 Å². The van der Waals surface area contributed by atoms with Gasteiger partial charge in [-0.15, -0.1) is 5.10 Å². The Kier molecular flexibility index (Phi) is 1.71. The van der Waals surface area contributed by atoms with Crippen molar-refractivity contribution in [3.63, 3.8) is 0 Å². The maximum Gasteiger partial charge on any atom is 0.241 e. The molecule has 0 radical (unpaired) electrons. The van der Waals surface area contributed by atoms with E-state index in [2.05, 4.69) is 10.1 Å². The van der Waals surface area contributed by atoms with Crippen LogP contribution >= 0.6 is 11.6 Å². The zero-order chi connectivity index (χ0) is 8.55. The second kappa shape index (κ2) is 2.73. The SMILES string of the molecule is OCc1ccc2cnc(Cl)nn12. The highest BCUT2D eigenvalue weighted by Crippen LogP contribution is 2.08. The van der Waals surface area contributed by atoms with Crippen molar-refractivity contribution in [1.82, 2.24) is 14.6 Å². The van der Waals surface area contributed by atoms with Gasteiger partial charge in [0.15, 0.2) is 0 Å². The Balaban J connectivity index is 2.75. The summed E-state index contributed by atoms with van der Waals surface area (Å²) in [6.07, 6.45) is 1.61. The number of fused-ring (bicyclic) bond motifs is 1. The molecule has 0 aromatic carbocycles. The number of hydrogen-bond acceptors (Lipinski definition) is 3. The summed E-state index contributed by atoms with van der Waals surface area (Å²) in [6, 6.07) is 3.60. The van der Waals surface area contributed by atoms with Crippen LogP contribution in [0.25, 0.3) is 5.52 Å². The van der Waals surface area contributed by atoms with E-state index in [0.29, 0.717) is 5.69 Å². The lowest BCUT2D eigenvalue weighted by atomic mass is 10.5. The summed E-state index contributed by atoms with van der Waals surface area (Å²) in [5, 5.41) is 13.0. The molecule has 0 spiro atoms. The Morgan fingerprint density at radius 2 is 2.33 bits per heavy atom. The quantitative estimate of drug-likeness (QED) is 0.714. The standard InChI is InChI=1S/C7H6ClN3O/c8-7-9-3-5-1-2-6(4-12)11(5)10-7/h1-3,12H,4H2. The van der Waals surface area contributed by atoms with Crippen LogP contribution in [0.3, 0.4) is 0 Å². The number of hydrogen-bond donors (Lipinski definition) is 1. The number of aromatic nitrogens is 3. The van der Waals surface area contributed by atoms with E-state index >= 15 is 0 Å². The molecule has 0 aliphatic carbocycles. The van der Waals surface area contributed by atoms with E-state index < -0.39 is 0 Å².